The molecule has 0 aliphatic carbocycles. The molecule has 2 rings (SSSR count). The lowest BCUT2D eigenvalue weighted by atomic mass is 9.80. The molecule has 16 heavy (non-hydrogen) atoms. The zero-order valence-corrected chi connectivity index (χ0v) is 9.90. The van der Waals surface area contributed by atoms with Gasteiger partial charge in [0.25, 0.3) is 0 Å². The summed E-state index contributed by atoms with van der Waals surface area (Å²) >= 11 is 0. The summed E-state index contributed by atoms with van der Waals surface area (Å²) in [6, 6.07) is 0. The maximum Gasteiger partial charge on any atom is 0.0564 e. The van der Waals surface area contributed by atoms with E-state index in [1.54, 1.807) is 0 Å². The minimum absolute atomic E-state index is 0.0422. The highest BCUT2D eigenvalue weighted by atomic mass is 16.5. The van der Waals surface area contributed by atoms with E-state index in [1.807, 2.05) is 0 Å². The summed E-state index contributed by atoms with van der Waals surface area (Å²) in [6.45, 7) is 4.69. The molecule has 4 heteroatoms. The molecule has 0 saturated carbocycles. The first-order valence-electron chi connectivity index (χ1n) is 6.33. The molecule has 2 heterocycles. The van der Waals surface area contributed by atoms with Crippen molar-refractivity contribution < 1.29 is 14.9 Å². The smallest absolute Gasteiger partial charge is 0.0564 e. The van der Waals surface area contributed by atoms with Crippen molar-refractivity contribution in [3.8, 4) is 0 Å². The molecule has 0 unspecified atom stereocenters. The Bertz CT molecular complexity index is 208. The zero-order valence-electron chi connectivity index (χ0n) is 9.90. The van der Waals surface area contributed by atoms with Crippen LogP contribution in [0.15, 0.2) is 0 Å². The first-order valence-corrected chi connectivity index (χ1v) is 6.33. The fourth-order valence-electron chi connectivity index (χ4n) is 2.72. The third-order valence-corrected chi connectivity index (χ3v) is 4.00. The van der Waals surface area contributed by atoms with Gasteiger partial charge >= 0.3 is 0 Å². The van der Waals surface area contributed by atoms with Gasteiger partial charge in [-0.25, -0.2) is 0 Å². The second-order valence-electron chi connectivity index (χ2n) is 5.28. The number of aliphatic hydroxyl groups excluding tert-OH is 2. The standard InChI is InChI=1S/C12H23NO3/c14-10-12(3-7-16-8-4-12)9-13-5-1-11(15)2-6-13/h11,14-15H,1-10H2. The number of rotatable bonds is 3. The molecule has 0 radical (unpaired) electrons. The van der Waals surface area contributed by atoms with Crippen molar-refractivity contribution in [1.82, 2.24) is 4.90 Å². The summed E-state index contributed by atoms with van der Waals surface area (Å²) in [5.41, 5.74) is 0.0422. The molecule has 2 fully saturated rings. The second kappa shape index (κ2) is 5.45. The monoisotopic (exact) mass is 229 g/mol. The number of likely N-dealkylation sites (tertiary alicyclic amines) is 1. The van der Waals surface area contributed by atoms with Gasteiger partial charge in [0.1, 0.15) is 0 Å². The Morgan fingerprint density at radius 3 is 2.38 bits per heavy atom. The summed E-state index contributed by atoms with van der Waals surface area (Å²) in [6.07, 6.45) is 3.55. The summed E-state index contributed by atoms with van der Waals surface area (Å²) < 4.78 is 5.36. The van der Waals surface area contributed by atoms with Crippen LogP contribution < -0.4 is 0 Å². The maximum atomic E-state index is 9.59. The third-order valence-electron chi connectivity index (χ3n) is 4.00. The topological polar surface area (TPSA) is 52.9 Å². The van der Waals surface area contributed by atoms with Crippen molar-refractivity contribution in [1.29, 1.82) is 0 Å². The summed E-state index contributed by atoms with van der Waals surface area (Å²) in [4.78, 5) is 2.38. The van der Waals surface area contributed by atoms with Gasteiger partial charge in [-0.05, 0) is 25.7 Å². The van der Waals surface area contributed by atoms with Crippen molar-refractivity contribution in [2.24, 2.45) is 5.41 Å². The van der Waals surface area contributed by atoms with E-state index in [4.69, 9.17) is 4.74 Å². The predicted octanol–water partition coefficient (Wildman–Crippen LogP) is 0.232. The Labute approximate surface area is 97.2 Å². The normalized spacial score (nSPS) is 28.1. The highest BCUT2D eigenvalue weighted by Gasteiger charge is 2.34. The largest absolute Gasteiger partial charge is 0.396 e. The van der Waals surface area contributed by atoms with Crippen LogP contribution >= 0.6 is 0 Å². The maximum absolute atomic E-state index is 9.59. The molecule has 2 aliphatic heterocycles. The molecule has 94 valence electrons. The number of nitrogens with zero attached hydrogens (tertiary/aromatic N) is 1. The third kappa shape index (κ3) is 2.94. The van der Waals surface area contributed by atoms with Crippen LogP contribution in [0.4, 0.5) is 0 Å². The van der Waals surface area contributed by atoms with E-state index in [-0.39, 0.29) is 18.1 Å². The fraction of sp³-hybridized carbons (Fsp3) is 1.00. The van der Waals surface area contributed by atoms with Gasteiger partial charge in [-0.15, -0.1) is 0 Å². The molecular formula is C12H23NO3. The number of aliphatic hydroxyl groups is 2. The van der Waals surface area contributed by atoms with Gasteiger partial charge in [-0.3, -0.25) is 0 Å². The van der Waals surface area contributed by atoms with Gasteiger partial charge in [0.2, 0.25) is 0 Å². The first-order chi connectivity index (χ1) is 7.74. The van der Waals surface area contributed by atoms with Crippen LogP contribution in [0.2, 0.25) is 0 Å². The SMILES string of the molecule is OCC1(CN2CCC(O)CC2)CCOCC1. The molecule has 2 saturated heterocycles. The van der Waals surface area contributed by atoms with E-state index >= 15 is 0 Å². The molecule has 2 aliphatic rings. The Hall–Kier alpha value is -0.160. The average Bonchev–Trinajstić information content (AvgIpc) is 2.33. The van der Waals surface area contributed by atoms with Crippen LogP contribution in [-0.2, 0) is 4.74 Å². The predicted molar refractivity (Wildman–Crippen MR) is 61.3 cm³/mol. The lowest BCUT2D eigenvalue weighted by Gasteiger charge is -2.41. The van der Waals surface area contributed by atoms with Gasteiger partial charge in [0.15, 0.2) is 0 Å². The molecule has 0 spiro atoms. The van der Waals surface area contributed by atoms with Gasteiger partial charge in [-0.2, -0.15) is 0 Å². The van der Waals surface area contributed by atoms with E-state index in [1.165, 1.54) is 0 Å². The van der Waals surface area contributed by atoms with Crippen molar-refractivity contribution in [2.75, 3.05) is 39.5 Å². The molecule has 2 N–H and O–H groups in total. The molecular weight excluding hydrogens is 206 g/mol. The molecule has 0 aromatic carbocycles. The zero-order chi connectivity index (χ0) is 11.4. The van der Waals surface area contributed by atoms with Crippen LogP contribution in [0.1, 0.15) is 25.7 Å². The highest BCUT2D eigenvalue weighted by molar-refractivity contribution is 4.86. The summed E-state index contributed by atoms with van der Waals surface area (Å²) in [7, 11) is 0. The van der Waals surface area contributed by atoms with Crippen molar-refractivity contribution in [2.45, 2.75) is 31.8 Å². The molecule has 0 aromatic heterocycles. The molecule has 0 bridgehead atoms. The Morgan fingerprint density at radius 1 is 1.19 bits per heavy atom. The Kier molecular flexibility index (Phi) is 4.19. The average molecular weight is 229 g/mol. The van der Waals surface area contributed by atoms with Gasteiger partial charge in [-0.1, -0.05) is 0 Å². The van der Waals surface area contributed by atoms with Crippen LogP contribution in [-0.4, -0.2) is 60.7 Å². The van der Waals surface area contributed by atoms with Crippen LogP contribution in [0.25, 0.3) is 0 Å². The number of ether oxygens (including phenoxy) is 1. The minimum atomic E-state index is -0.115. The van der Waals surface area contributed by atoms with Gasteiger partial charge < -0.3 is 19.8 Å². The van der Waals surface area contributed by atoms with Crippen LogP contribution in [0.3, 0.4) is 0 Å². The van der Waals surface area contributed by atoms with E-state index in [2.05, 4.69) is 4.90 Å². The lowest BCUT2D eigenvalue weighted by molar-refractivity contribution is -0.0423. The van der Waals surface area contributed by atoms with E-state index in [0.717, 1.165) is 58.5 Å². The minimum Gasteiger partial charge on any atom is -0.396 e. The molecule has 0 amide bonds. The van der Waals surface area contributed by atoms with Crippen LogP contribution in [0.5, 0.6) is 0 Å². The number of hydrogen-bond donors (Lipinski definition) is 2. The van der Waals surface area contributed by atoms with E-state index in [9.17, 15) is 10.2 Å². The quantitative estimate of drug-likeness (QED) is 0.727. The molecule has 0 aromatic rings. The fourth-order valence-corrected chi connectivity index (χ4v) is 2.72. The van der Waals surface area contributed by atoms with E-state index < -0.39 is 0 Å². The second-order valence-corrected chi connectivity index (χ2v) is 5.28. The number of hydrogen-bond acceptors (Lipinski definition) is 4. The Balaban J connectivity index is 1.86. The van der Waals surface area contributed by atoms with Crippen molar-refractivity contribution in [3.63, 3.8) is 0 Å². The number of piperidine rings is 1. The van der Waals surface area contributed by atoms with Crippen molar-refractivity contribution in [3.05, 3.63) is 0 Å². The summed E-state index contributed by atoms with van der Waals surface area (Å²) in [5.74, 6) is 0. The lowest BCUT2D eigenvalue weighted by Crippen LogP contribution is -2.47. The molecule has 4 nitrogen and oxygen atoms in total. The van der Waals surface area contributed by atoms with Gasteiger partial charge in [0.05, 0.1) is 12.7 Å². The summed E-state index contributed by atoms with van der Waals surface area (Å²) in [5, 5.41) is 19.1. The molecule has 0 atom stereocenters. The van der Waals surface area contributed by atoms with Crippen molar-refractivity contribution >= 4 is 0 Å². The van der Waals surface area contributed by atoms with E-state index in [0.29, 0.717) is 0 Å². The van der Waals surface area contributed by atoms with Gasteiger partial charge in [0, 0.05) is 38.3 Å². The highest BCUT2D eigenvalue weighted by Crippen LogP contribution is 2.31. The van der Waals surface area contributed by atoms with Crippen LogP contribution in [0, 0.1) is 5.41 Å². The first kappa shape index (κ1) is 12.3. The Morgan fingerprint density at radius 2 is 1.81 bits per heavy atom.